The Morgan fingerprint density at radius 3 is 2.61 bits per heavy atom. The minimum Gasteiger partial charge on any atom is -0.440 e. The molecule has 0 atom stereocenters. The van der Waals surface area contributed by atoms with Gasteiger partial charge in [0.1, 0.15) is 0 Å². The number of thioether (sulfide) groups is 1. The van der Waals surface area contributed by atoms with E-state index in [-0.39, 0.29) is 24.9 Å². The highest BCUT2D eigenvalue weighted by molar-refractivity contribution is 7.98. The van der Waals surface area contributed by atoms with Gasteiger partial charge in [-0.15, -0.1) is 0 Å². The summed E-state index contributed by atoms with van der Waals surface area (Å²) in [5.74, 6) is 0.622. The Kier molecular flexibility index (Phi) is 6.97. The van der Waals surface area contributed by atoms with E-state index in [1.807, 2.05) is 26.2 Å². The van der Waals surface area contributed by atoms with E-state index < -0.39 is 12.0 Å². The van der Waals surface area contributed by atoms with Gasteiger partial charge in [-0.3, -0.25) is 4.98 Å². The lowest BCUT2D eigenvalue weighted by Gasteiger charge is -2.12. The number of rotatable bonds is 8. The van der Waals surface area contributed by atoms with Crippen LogP contribution in [0.15, 0.2) is 31.2 Å². The van der Waals surface area contributed by atoms with E-state index in [0.717, 1.165) is 41.6 Å². The maximum atomic E-state index is 11.8. The van der Waals surface area contributed by atoms with E-state index in [4.69, 9.17) is 23.0 Å². The molecule has 4 rings (SSSR count). The van der Waals surface area contributed by atoms with Gasteiger partial charge in [0.2, 0.25) is 12.7 Å². The largest absolute Gasteiger partial charge is 0.519 e. The van der Waals surface area contributed by atoms with Gasteiger partial charge in [0.25, 0.3) is 0 Å². The summed E-state index contributed by atoms with van der Waals surface area (Å²) in [5, 5.41) is 0.606. The van der Waals surface area contributed by atoms with Crippen LogP contribution in [0, 0.1) is 20.8 Å². The molecule has 0 radical (unpaired) electrons. The van der Waals surface area contributed by atoms with Crippen LogP contribution in [0.4, 0.5) is 4.79 Å². The highest BCUT2D eigenvalue weighted by Crippen LogP contribution is 2.32. The number of aromatic nitrogens is 3. The summed E-state index contributed by atoms with van der Waals surface area (Å²) in [6, 6.07) is 0. The third kappa shape index (κ3) is 5.54. The number of aryl methyl sites for hydroxylation is 4. The molecule has 1 aliphatic carbocycles. The van der Waals surface area contributed by atoms with Gasteiger partial charge in [-0.1, -0.05) is 11.8 Å². The Bertz CT molecular complexity index is 1200. The summed E-state index contributed by atoms with van der Waals surface area (Å²) in [6.07, 6.45) is 5.35. The van der Waals surface area contributed by atoms with Crippen LogP contribution in [0.2, 0.25) is 0 Å². The summed E-state index contributed by atoms with van der Waals surface area (Å²) in [6.45, 7) is 4.94. The number of fused-ring (bicyclic) bond motifs is 1. The van der Waals surface area contributed by atoms with Gasteiger partial charge in [-0.2, -0.15) is 4.98 Å². The standard InChI is InChI=1S/C22H23N3O7S/c1-12-7-23-8-13(2)16(12)10-33-20-24-17-6-4-5-15(17)19(25-20)29-11-30-21(26)28-9-18-14(3)31-22(27)32-18/h7-8H,4-6,9-11H2,1-3H3. The maximum Gasteiger partial charge on any atom is 0.519 e. The van der Waals surface area contributed by atoms with Crippen LogP contribution < -0.4 is 10.6 Å². The third-order valence-corrected chi connectivity index (χ3v) is 6.11. The number of carbonyl (C=O) groups excluding carboxylic acids is 1. The van der Waals surface area contributed by atoms with Crippen molar-refractivity contribution in [3.63, 3.8) is 0 Å². The second kappa shape index (κ2) is 10.1. The molecule has 0 bridgehead atoms. The molecule has 0 aliphatic heterocycles. The van der Waals surface area contributed by atoms with Crippen LogP contribution in [0.5, 0.6) is 5.88 Å². The second-order valence-electron chi connectivity index (χ2n) is 7.51. The van der Waals surface area contributed by atoms with Gasteiger partial charge < -0.3 is 23.0 Å². The first-order valence-electron chi connectivity index (χ1n) is 10.3. The van der Waals surface area contributed by atoms with Crippen molar-refractivity contribution in [2.45, 2.75) is 57.5 Å². The molecule has 0 N–H and O–H groups in total. The van der Waals surface area contributed by atoms with Crippen LogP contribution in [-0.2, 0) is 34.7 Å². The van der Waals surface area contributed by atoms with Crippen LogP contribution >= 0.6 is 11.8 Å². The molecule has 0 spiro atoms. The Morgan fingerprint density at radius 1 is 1.09 bits per heavy atom. The molecule has 33 heavy (non-hydrogen) atoms. The molecule has 0 saturated carbocycles. The number of pyridine rings is 1. The maximum absolute atomic E-state index is 11.8. The number of ether oxygens (including phenoxy) is 3. The van der Waals surface area contributed by atoms with Gasteiger partial charge in [0.05, 0.1) is 5.69 Å². The quantitative estimate of drug-likeness (QED) is 0.205. The molecule has 0 unspecified atom stereocenters. The van der Waals surface area contributed by atoms with E-state index in [1.54, 1.807) is 0 Å². The van der Waals surface area contributed by atoms with E-state index >= 15 is 0 Å². The Labute approximate surface area is 193 Å². The van der Waals surface area contributed by atoms with E-state index in [2.05, 4.69) is 15.0 Å². The first-order valence-corrected chi connectivity index (χ1v) is 11.3. The van der Waals surface area contributed by atoms with Crippen molar-refractivity contribution in [2.24, 2.45) is 0 Å². The molecule has 0 aromatic carbocycles. The third-order valence-electron chi connectivity index (χ3n) is 5.24. The zero-order chi connectivity index (χ0) is 23.4. The first-order chi connectivity index (χ1) is 15.9. The fraction of sp³-hybridized carbons (Fsp3) is 0.409. The first kappa shape index (κ1) is 22.8. The minimum absolute atomic E-state index is 0.118. The normalized spacial score (nSPS) is 12.5. The molecule has 3 aromatic rings. The Balaban J connectivity index is 1.35. The van der Waals surface area contributed by atoms with Crippen LogP contribution in [-0.4, -0.2) is 27.9 Å². The topological polar surface area (TPSA) is 127 Å². The fourth-order valence-corrected chi connectivity index (χ4v) is 4.51. The summed E-state index contributed by atoms with van der Waals surface area (Å²) >= 11 is 1.52. The smallest absolute Gasteiger partial charge is 0.440 e. The Hall–Kier alpha value is -3.34. The molecule has 174 valence electrons. The molecule has 0 saturated heterocycles. The highest BCUT2D eigenvalue weighted by Gasteiger charge is 2.21. The van der Waals surface area contributed by atoms with Crippen LogP contribution in [0.1, 0.15) is 45.9 Å². The summed E-state index contributed by atoms with van der Waals surface area (Å²) < 4.78 is 25.0. The number of hydrogen-bond acceptors (Lipinski definition) is 11. The van der Waals surface area contributed by atoms with E-state index in [0.29, 0.717) is 16.8 Å². The molecular formula is C22H23N3O7S. The van der Waals surface area contributed by atoms with Gasteiger partial charge in [-0.25, -0.2) is 14.6 Å². The van der Waals surface area contributed by atoms with Crippen molar-refractivity contribution in [1.82, 2.24) is 15.0 Å². The van der Waals surface area contributed by atoms with E-state index in [9.17, 15) is 9.59 Å². The van der Waals surface area contributed by atoms with Gasteiger partial charge in [0, 0.05) is 23.7 Å². The molecule has 10 nitrogen and oxygen atoms in total. The number of carbonyl (C=O) groups is 1. The van der Waals surface area contributed by atoms with Crippen molar-refractivity contribution >= 4 is 17.9 Å². The molecule has 3 heterocycles. The zero-order valence-corrected chi connectivity index (χ0v) is 19.3. The second-order valence-corrected chi connectivity index (χ2v) is 8.45. The summed E-state index contributed by atoms with van der Waals surface area (Å²) in [7, 11) is 0. The predicted octanol–water partition coefficient (Wildman–Crippen LogP) is 3.81. The lowest BCUT2D eigenvalue weighted by Crippen LogP contribution is -2.14. The minimum atomic E-state index is -0.970. The number of nitrogens with zero attached hydrogens (tertiary/aromatic N) is 3. The van der Waals surface area contributed by atoms with Gasteiger partial charge in [0.15, 0.2) is 23.3 Å². The van der Waals surface area contributed by atoms with Gasteiger partial charge >= 0.3 is 12.0 Å². The highest BCUT2D eigenvalue weighted by atomic mass is 32.2. The average molecular weight is 474 g/mol. The van der Waals surface area contributed by atoms with Crippen molar-refractivity contribution < 1.29 is 27.8 Å². The van der Waals surface area contributed by atoms with Crippen LogP contribution in [0.25, 0.3) is 0 Å². The predicted molar refractivity (Wildman–Crippen MR) is 116 cm³/mol. The molecule has 0 amide bonds. The van der Waals surface area contributed by atoms with Gasteiger partial charge in [-0.05, 0) is 56.7 Å². The van der Waals surface area contributed by atoms with Crippen molar-refractivity contribution in [3.8, 4) is 5.88 Å². The summed E-state index contributed by atoms with van der Waals surface area (Å²) in [4.78, 5) is 36.3. The molecule has 1 aliphatic rings. The monoisotopic (exact) mass is 473 g/mol. The lowest BCUT2D eigenvalue weighted by molar-refractivity contribution is -0.00354. The average Bonchev–Trinajstić information content (AvgIpc) is 3.37. The molecule has 11 heteroatoms. The molecular weight excluding hydrogens is 450 g/mol. The van der Waals surface area contributed by atoms with Crippen molar-refractivity contribution in [1.29, 1.82) is 0 Å². The Morgan fingerprint density at radius 2 is 1.88 bits per heavy atom. The fourth-order valence-electron chi connectivity index (χ4n) is 3.46. The lowest BCUT2D eigenvalue weighted by atomic mass is 10.1. The molecule has 0 fully saturated rings. The van der Waals surface area contributed by atoms with Crippen LogP contribution in [0.3, 0.4) is 0 Å². The molecule has 3 aromatic heterocycles. The van der Waals surface area contributed by atoms with Crippen molar-refractivity contribution in [3.05, 3.63) is 62.5 Å². The van der Waals surface area contributed by atoms with Crippen molar-refractivity contribution in [2.75, 3.05) is 6.79 Å². The zero-order valence-electron chi connectivity index (χ0n) is 18.5. The number of hydrogen-bond donors (Lipinski definition) is 0. The van der Waals surface area contributed by atoms with E-state index in [1.165, 1.54) is 24.2 Å². The SMILES string of the molecule is Cc1cncc(C)c1CSc1nc2c(c(OCOC(=O)OCc3oc(=O)oc3C)n1)CCC2. The summed E-state index contributed by atoms with van der Waals surface area (Å²) in [5.41, 5.74) is 5.34.